The molecule has 2 atom stereocenters. The van der Waals surface area contributed by atoms with Crippen molar-refractivity contribution < 1.29 is 14.3 Å². The van der Waals surface area contributed by atoms with Crippen LogP contribution in [0.4, 0.5) is 0 Å². The van der Waals surface area contributed by atoms with Gasteiger partial charge in [0.25, 0.3) is 5.56 Å². The summed E-state index contributed by atoms with van der Waals surface area (Å²) in [6.07, 6.45) is 1.96. The van der Waals surface area contributed by atoms with E-state index in [-0.39, 0.29) is 11.7 Å². The van der Waals surface area contributed by atoms with Gasteiger partial charge in [-0.15, -0.1) is 11.3 Å². The van der Waals surface area contributed by atoms with Crippen LogP contribution in [0.15, 0.2) is 35.4 Å². The summed E-state index contributed by atoms with van der Waals surface area (Å²) in [5.74, 6) is 0.350. The molecule has 29 heavy (non-hydrogen) atoms. The number of carbonyl (C=O) groups is 1. The second-order valence-corrected chi connectivity index (χ2v) is 8.16. The zero-order valence-corrected chi connectivity index (χ0v) is 18.2. The number of nitrogens with zero attached hydrogens (tertiary/aromatic N) is 2. The molecule has 2 heterocycles. The van der Waals surface area contributed by atoms with Gasteiger partial charge in [0, 0.05) is 10.4 Å². The number of hydrogen-bond acceptors (Lipinski definition) is 6. The van der Waals surface area contributed by atoms with Gasteiger partial charge >= 0.3 is 5.97 Å². The van der Waals surface area contributed by atoms with Crippen molar-refractivity contribution in [3.63, 3.8) is 0 Å². The van der Waals surface area contributed by atoms with Crippen LogP contribution in [0.5, 0.6) is 5.75 Å². The Morgan fingerprint density at radius 1 is 1.21 bits per heavy atom. The van der Waals surface area contributed by atoms with Crippen molar-refractivity contribution in [1.29, 1.82) is 0 Å². The molecule has 0 radical (unpaired) electrons. The molecular formula is C22H26N2O4S. The normalized spacial score (nSPS) is 13.3. The fourth-order valence-electron chi connectivity index (χ4n) is 3.12. The molecule has 0 spiro atoms. The number of aryl methyl sites for hydroxylation is 1. The van der Waals surface area contributed by atoms with Gasteiger partial charge < -0.3 is 9.47 Å². The molecule has 154 valence electrons. The summed E-state index contributed by atoms with van der Waals surface area (Å²) in [6, 6.07) is 6.92. The second-order valence-electron chi connectivity index (χ2n) is 6.96. The van der Waals surface area contributed by atoms with Crippen molar-refractivity contribution in [3.8, 4) is 16.9 Å². The summed E-state index contributed by atoms with van der Waals surface area (Å²) < 4.78 is 12.3. The van der Waals surface area contributed by atoms with E-state index in [0.29, 0.717) is 16.8 Å². The molecular weight excluding hydrogens is 388 g/mol. The minimum atomic E-state index is -0.748. The summed E-state index contributed by atoms with van der Waals surface area (Å²) in [7, 11) is 0. The molecule has 0 N–H and O–H groups in total. The van der Waals surface area contributed by atoms with Crippen LogP contribution in [0.25, 0.3) is 21.3 Å². The van der Waals surface area contributed by atoms with Gasteiger partial charge in [0.15, 0.2) is 0 Å². The van der Waals surface area contributed by atoms with Crippen molar-refractivity contribution >= 4 is 27.5 Å². The van der Waals surface area contributed by atoms with Crippen molar-refractivity contribution in [2.24, 2.45) is 0 Å². The van der Waals surface area contributed by atoms with Crippen LogP contribution in [-0.2, 0) is 9.53 Å². The largest absolute Gasteiger partial charge is 0.494 e. The highest BCUT2D eigenvalue weighted by molar-refractivity contribution is 7.19. The zero-order valence-electron chi connectivity index (χ0n) is 17.4. The van der Waals surface area contributed by atoms with Crippen molar-refractivity contribution in [1.82, 2.24) is 9.55 Å². The highest BCUT2D eigenvalue weighted by atomic mass is 32.1. The number of thiophene rings is 1. The third-order valence-corrected chi connectivity index (χ3v) is 5.93. The summed E-state index contributed by atoms with van der Waals surface area (Å²) in [5, 5.41) is 0.530. The van der Waals surface area contributed by atoms with E-state index in [0.717, 1.165) is 28.2 Å². The quantitative estimate of drug-likeness (QED) is 0.523. The zero-order chi connectivity index (χ0) is 21.1. The number of benzene rings is 1. The Labute approximate surface area is 174 Å². The number of carbonyl (C=O) groups excluding carboxylic acids is 1. The second kappa shape index (κ2) is 8.78. The maximum absolute atomic E-state index is 13.3. The third kappa shape index (κ3) is 4.19. The smallest absolute Gasteiger partial charge is 0.329 e. The summed E-state index contributed by atoms with van der Waals surface area (Å²) >= 11 is 1.47. The van der Waals surface area contributed by atoms with Gasteiger partial charge in [0.1, 0.15) is 16.6 Å². The average molecular weight is 415 g/mol. The predicted octanol–water partition coefficient (Wildman–Crippen LogP) is 4.73. The van der Waals surface area contributed by atoms with Gasteiger partial charge in [-0.1, -0.05) is 19.1 Å². The van der Waals surface area contributed by atoms with Crippen molar-refractivity contribution in [2.45, 2.75) is 53.2 Å². The molecule has 3 rings (SSSR count). The molecule has 0 bridgehead atoms. The predicted molar refractivity (Wildman–Crippen MR) is 116 cm³/mol. The lowest BCUT2D eigenvalue weighted by Gasteiger charge is -2.17. The van der Waals surface area contributed by atoms with E-state index in [1.54, 1.807) is 6.92 Å². The highest BCUT2D eigenvalue weighted by Crippen LogP contribution is 2.36. The summed E-state index contributed by atoms with van der Waals surface area (Å²) in [6.45, 7) is 9.95. The Bertz CT molecular complexity index is 1070. The molecule has 1 aromatic carbocycles. The lowest BCUT2D eigenvalue weighted by atomic mass is 10.0. The molecule has 0 saturated heterocycles. The van der Waals surface area contributed by atoms with E-state index in [1.165, 1.54) is 22.2 Å². The van der Waals surface area contributed by atoms with E-state index < -0.39 is 12.0 Å². The number of aromatic nitrogens is 2. The van der Waals surface area contributed by atoms with Gasteiger partial charge in [-0.05, 0) is 51.8 Å². The van der Waals surface area contributed by atoms with Crippen LogP contribution >= 0.6 is 11.3 Å². The topological polar surface area (TPSA) is 70.4 Å². The first-order chi connectivity index (χ1) is 13.9. The lowest BCUT2D eigenvalue weighted by molar-refractivity contribution is -0.152. The molecule has 2 unspecified atom stereocenters. The third-order valence-electron chi connectivity index (χ3n) is 4.92. The number of esters is 1. The minimum absolute atomic E-state index is 0.194. The SMILES string of the molecule is CCOc1ccc(-c2c(C)sc3ncn(C(C)C(=O)OC(C)CC)c(=O)c23)cc1. The number of rotatable bonds is 7. The van der Waals surface area contributed by atoms with Crippen molar-refractivity contribution in [3.05, 3.63) is 45.8 Å². The van der Waals surface area contributed by atoms with Gasteiger partial charge in [0.05, 0.1) is 24.4 Å². The lowest BCUT2D eigenvalue weighted by Crippen LogP contribution is -2.31. The van der Waals surface area contributed by atoms with E-state index >= 15 is 0 Å². The Morgan fingerprint density at radius 2 is 1.90 bits per heavy atom. The van der Waals surface area contributed by atoms with Crippen LogP contribution in [0.1, 0.15) is 45.0 Å². The van der Waals surface area contributed by atoms with Crippen LogP contribution in [0.2, 0.25) is 0 Å². The molecule has 0 aliphatic heterocycles. The van der Waals surface area contributed by atoms with Crippen LogP contribution < -0.4 is 10.3 Å². The maximum atomic E-state index is 13.3. The highest BCUT2D eigenvalue weighted by Gasteiger charge is 2.23. The fraction of sp³-hybridized carbons (Fsp3) is 0.409. The molecule has 3 aromatic rings. The van der Waals surface area contributed by atoms with Crippen LogP contribution in [0.3, 0.4) is 0 Å². The maximum Gasteiger partial charge on any atom is 0.329 e. The van der Waals surface area contributed by atoms with E-state index in [9.17, 15) is 9.59 Å². The molecule has 7 heteroatoms. The first kappa shape index (κ1) is 21.0. The molecule has 0 fully saturated rings. The average Bonchev–Trinajstić information content (AvgIpc) is 3.05. The monoisotopic (exact) mass is 414 g/mol. The number of hydrogen-bond donors (Lipinski definition) is 0. The Balaban J connectivity index is 2.07. The Morgan fingerprint density at radius 3 is 2.52 bits per heavy atom. The van der Waals surface area contributed by atoms with Gasteiger partial charge in [0.2, 0.25) is 0 Å². The minimum Gasteiger partial charge on any atom is -0.494 e. The number of ether oxygens (including phenoxy) is 2. The molecule has 2 aromatic heterocycles. The molecule has 6 nitrogen and oxygen atoms in total. The Hall–Kier alpha value is -2.67. The molecule has 0 amide bonds. The van der Waals surface area contributed by atoms with Gasteiger partial charge in [-0.25, -0.2) is 9.78 Å². The van der Waals surface area contributed by atoms with Crippen LogP contribution in [0, 0.1) is 6.92 Å². The standard InChI is InChI=1S/C22H26N2O4S/c1-6-13(3)28-22(26)14(4)24-12-23-20-19(21(24)25)18(15(5)29-20)16-8-10-17(11-9-16)27-7-2/h8-14H,6-7H2,1-5H3. The van der Waals surface area contributed by atoms with E-state index in [1.807, 2.05) is 52.0 Å². The molecule has 0 saturated carbocycles. The van der Waals surface area contributed by atoms with Crippen LogP contribution in [-0.4, -0.2) is 28.2 Å². The molecule has 0 aliphatic carbocycles. The first-order valence-corrected chi connectivity index (χ1v) is 10.6. The van der Waals surface area contributed by atoms with E-state index in [4.69, 9.17) is 9.47 Å². The van der Waals surface area contributed by atoms with Crippen molar-refractivity contribution in [2.75, 3.05) is 6.61 Å². The van der Waals surface area contributed by atoms with Gasteiger partial charge in [-0.2, -0.15) is 0 Å². The first-order valence-electron chi connectivity index (χ1n) is 9.81. The summed E-state index contributed by atoms with van der Waals surface area (Å²) in [5.41, 5.74) is 1.53. The number of fused-ring (bicyclic) bond motifs is 1. The van der Waals surface area contributed by atoms with E-state index in [2.05, 4.69) is 4.98 Å². The van der Waals surface area contributed by atoms with Gasteiger partial charge in [-0.3, -0.25) is 9.36 Å². The fourth-order valence-corrected chi connectivity index (χ4v) is 4.12. The molecule has 0 aliphatic rings. The Kier molecular flexibility index (Phi) is 6.37. The summed E-state index contributed by atoms with van der Waals surface area (Å²) in [4.78, 5) is 31.9.